The van der Waals surface area contributed by atoms with E-state index in [4.69, 9.17) is 9.98 Å². The summed E-state index contributed by atoms with van der Waals surface area (Å²) in [5.74, 6) is 0. The molecule has 0 saturated heterocycles. The molecule has 0 radical (unpaired) electrons. The second-order valence-electron chi connectivity index (χ2n) is 8.53. The molecule has 0 fully saturated rings. The molecule has 176 valence electrons. The Balaban J connectivity index is 1.61. The van der Waals surface area contributed by atoms with Crippen LogP contribution >= 0.6 is 22.7 Å². The van der Waals surface area contributed by atoms with Crippen LogP contribution in [0.25, 0.3) is 11.1 Å². The minimum Gasteiger partial charge on any atom is -0.256 e. The Hall–Kier alpha value is -3.86. The lowest BCUT2D eigenvalue weighted by Crippen LogP contribution is -2.18. The van der Waals surface area contributed by atoms with Crippen LogP contribution in [-0.4, -0.2) is 12.4 Å². The normalized spacial score (nSPS) is 11.4. The zero-order valence-corrected chi connectivity index (χ0v) is 21.9. The molecule has 4 aromatic carbocycles. The molecule has 5 rings (SSSR count). The highest BCUT2D eigenvalue weighted by Gasteiger charge is 2.08. The van der Waals surface area contributed by atoms with Gasteiger partial charge < -0.3 is 0 Å². The van der Waals surface area contributed by atoms with Gasteiger partial charge in [0.2, 0.25) is 0 Å². The summed E-state index contributed by atoms with van der Waals surface area (Å²) in [4.78, 5) is 9.57. The number of benzene rings is 4. The average molecular weight is 503 g/mol. The monoisotopic (exact) mass is 502 g/mol. The van der Waals surface area contributed by atoms with Crippen LogP contribution in [0.5, 0.6) is 0 Å². The largest absolute Gasteiger partial charge is 0.256 e. The second-order valence-corrected chi connectivity index (χ2v) is 11.1. The highest BCUT2D eigenvalue weighted by atomic mass is 32.2. The lowest BCUT2D eigenvalue weighted by molar-refractivity contribution is 1.44. The lowest BCUT2D eigenvalue weighted by Gasteiger charge is -2.07. The van der Waals surface area contributed by atoms with Crippen molar-refractivity contribution in [3.63, 3.8) is 0 Å². The summed E-state index contributed by atoms with van der Waals surface area (Å²) in [6.45, 7) is 4.18. The molecule has 1 heterocycles. The zero-order valence-electron chi connectivity index (χ0n) is 20.3. The van der Waals surface area contributed by atoms with E-state index >= 15 is 0 Å². The molecule has 0 unspecified atom stereocenters. The van der Waals surface area contributed by atoms with Crippen LogP contribution in [0.15, 0.2) is 119 Å². The van der Waals surface area contributed by atoms with Crippen molar-refractivity contribution in [2.24, 2.45) is 9.98 Å². The summed E-state index contributed by atoms with van der Waals surface area (Å²) in [6, 6.07) is 37.5. The van der Waals surface area contributed by atoms with Gasteiger partial charge in [-0.05, 0) is 49.2 Å². The van der Waals surface area contributed by atoms with Crippen LogP contribution in [0.2, 0.25) is 0 Å². The number of rotatable bonds is 6. The molecule has 2 nitrogen and oxygen atoms in total. The molecule has 0 aliphatic carbocycles. The minimum atomic E-state index is 0.954. The Morgan fingerprint density at radius 2 is 0.861 bits per heavy atom. The molecule has 0 N–H and O–H groups in total. The van der Waals surface area contributed by atoms with Crippen molar-refractivity contribution in [1.29, 1.82) is 0 Å². The van der Waals surface area contributed by atoms with E-state index in [9.17, 15) is 0 Å². The molecular weight excluding hydrogens is 477 g/mol. The second kappa shape index (κ2) is 11.3. The average Bonchev–Trinajstić information content (AvgIpc) is 2.90. The predicted octanol–water partition coefficient (Wildman–Crippen LogP) is 7.63. The molecular formula is C32H26N2S2. The predicted molar refractivity (Wildman–Crippen MR) is 158 cm³/mol. The Kier molecular flexibility index (Phi) is 7.46. The fourth-order valence-electron chi connectivity index (χ4n) is 3.66. The van der Waals surface area contributed by atoms with Crippen molar-refractivity contribution in [3.8, 4) is 0 Å². The van der Waals surface area contributed by atoms with Gasteiger partial charge in [0.15, 0.2) is 0 Å². The first-order chi connectivity index (χ1) is 17.7. The molecule has 0 saturated carbocycles. The van der Waals surface area contributed by atoms with Gasteiger partial charge in [0.05, 0.1) is 19.1 Å². The van der Waals surface area contributed by atoms with E-state index in [-0.39, 0.29) is 0 Å². The molecule has 4 heteroatoms. The van der Waals surface area contributed by atoms with Crippen LogP contribution in [0.3, 0.4) is 0 Å². The molecule has 0 atom stereocenters. The summed E-state index contributed by atoms with van der Waals surface area (Å²) in [7, 11) is 0. The van der Waals surface area contributed by atoms with Gasteiger partial charge in [-0.15, -0.1) is 22.7 Å². The first-order valence-corrected chi connectivity index (χ1v) is 13.5. The summed E-state index contributed by atoms with van der Waals surface area (Å²) in [5, 5.41) is 0. The van der Waals surface area contributed by atoms with E-state index in [0.29, 0.717) is 0 Å². The fraction of sp³-hybridized carbons (Fsp3) is 0.0625. The van der Waals surface area contributed by atoms with E-state index in [1.54, 1.807) is 22.7 Å². The van der Waals surface area contributed by atoms with Gasteiger partial charge in [-0.2, -0.15) is 0 Å². The Morgan fingerprint density at radius 1 is 0.500 bits per heavy atom. The number of hydrogen-bond acceptors (Lipinski definition) is 4. The third-order valence-electron chi connectivity index (χ3n) is 5.73. The van der Waals surface area contributed by atoms with Crippen molar-refractivity contribution >= 4 is 57.6 Å². The quantitative estimate of drug-likeness (QED) is 0.213. The van der Waals surface area contributed by atoms with Crippen molar-refractivity contribution in [3.05, 3.63) is 139 Å². The van der Waals surface area contributed by atoms with Gasteiger partial charge >= 0.3 is 0 Å². The van der Waals surface area contributed by atoms with Crippen LogP contribution in [0, 0.1) is 13.8 Å². The Bertz CT molecular complexity index is 1470. The smallest absolute Gasteiger partial charge is 0.0915 e. The first-order valence-electron chi connectivity index (χ1n) is 11.8. The van der Waals surface area contributed by atoms with Gasteiger partial charge in [-0.1, -0.05) is 96.1 Å². The van der Waals surface area contributed by atoms with E-state index in [0.717, 1.165) is 33.6 Å². The van der Waals surface area contributed by atoms with E-state index in [1.165, 1.54) is 18.8 Å². The first kappa shape index (κ1) is 23.9. The van der Waals surface area contributed by atoms with Gasteiger partial charge in [0, 0.05) is 23.6 Å². The molecule has 1 aromatic heterocycles. The SMILES string of the molecule is Cc1ccc(N=CC(c2ccccc2)=c2sc(=C(C=Nc3ccc(C)cc3)c3ccccc3)s2)cc1. The summed E-state index contributed by atoms with van der Waals surface area (Å²) in [6.07, 6.45) is 3.99. The lowest BCUT2D eigenvalue weighted by atomic mass is 10.1. The van der Waals surface area contributed by atoms with Crippen molar-refractivity contribution in [2.45, 2.75) is 13.8 Å². The van der Waals surface area contributed by atoms with E-state index < -0.39 is 0 Å². The third-order valence-corrected chi connectivity index (χ3v) is 8.35. The highest BCUT2D eigenvalue weighted by Crippen LogP contribution is 2.18. The molecule has 0 aliphatic heterocycles. The number of nitrogens with zero attached hydrogens (tertiary/aromatic N) is 2. The molecule has 36 heavy (non-hydrogen) atoms. The molecule has 0 aliphatic rings. The molecule has 0 amide bonds. The number of aryl methyl sites for hydroxylation is 2. The summed E-state index contributed by atoms with van der Waals surface area (Å²) < 4.78 is 2.48. The van der Waals surface area contributed by atoms with Crippen molar-refractivity contribution < 1.29 is 0 Å². The van der Waals surface area contributed by atoms with E-state index in [2.05, 4.69) is 111 Å². The van der Waals surface area contributed by atoms with Crippen LogP contribution in [0.1, 0.15) is 22.3 Å². The standard InChI is InChI=1S/C32H26N2S2/c1-23-13-17-27(18-14-23)33-21-29(25-9-5-3-6-10-25)31-35-32(36-31)30(26-11-7-4-8-12-26)22-34-28-19-15-24(2)16-20-28/h3-22H,1-2H3. The zero-order chi connectivity index (χ0) is 24.7. The van der Waals surface area contributed by atoms with Crippen LogP contribution in [0.4, 0.5) is 11.4 Å². The van der Waals surface area contributed by atoms with Crippen LogP contribution < -0.4 is 7.69 Å². The van der Waals surface area contributed by atoms with Crippen molar-refractivity contribution in [2.75, 3.05) is 0 Å². The maximum atomic E-state index is 4.79. The minimum absolute atomic E-state index is 0.954. The highest BCUT2D eigenvalue weighted by molar-refractivity contribution is 7.36. The molecule has 0 spiro atoms. The number of hydrogen-bond donors (Lipinski definition) is 0. The Labute approximate surface area is 220 Å². The summed E-state index contributed by atoms with van der Waals surface area (Å²) in [5.41, 5.74) is 8.97. The summed E-state index contributed by atoms with van der Waals surface area (Å²) >= 11 is 3.59. The van der Waals surface area contributed by atoms with E-state index in [1.807, 2.05) is 24.6 Å². The van der Waals surface area contributed by atoms with Gasteiger partial charge in [-0.3, -0.25) is 9.98 Å². The van der Waals surface area contributed by atoms with Crippen molar-refractivity contribution in [1.82, 2.24) is 0 Å². The van der Waals surface area contributed by atoms with Gasteiger partial charge in [0.25, 0.3) is 0 Å². The maximum absolute atomic E-state index is 4.79. The molecule has 5 aromatic rings. The molecule has 0 bridgehead atoms. The topological polar surface area (TPSA) is 24.7 Å². The van der Waals surface area contributed by atoms with Gasteiger partial charge in [-0.25, -0.2) is 0 Å². The van der Waals surface area contributed by atoms with Crippen LogP contribution in [-0.2, 0) is 0 Å². The maximum Gasteiger partial charge on any atom is 0.0915 e. The number of aliphatic imine (C=N–C) groups is 2. The fourth-order valence-corrected chi connectivity index (χ4v) is 5.89. The third kappa shape index (κ3) is 5.85. The van der Waals surface area contributed by atoms with Gasteiger partial charge in [0.1, 0.15) is 0 Å². The Morgan fingerprint density at radius 3 is 1.22 bits per heavy atom.